The van der Waals surface area contributed by atoms with Crippen molar-refractivity contribution in [2.24, 2.45) is 5.10 Å². The fourth-order valence-corrected chi connectivity index (χ4v) is 3.73. The Morgan fingerprint density at radius 1 is 0.939 bits per heavy atom. The number of benzene rings is 4. The second-order valence-corrected chi connectivity index (χ2v) is 8.15. The Kier molecular flexibility index (Phi) is 7.19. The fraction of sp³-hybridized carbons (Fsp3) is 0. The van der Waals surface area contributed by atoms with E-state index in [1.807, 2.05) is 42.5 Å². The molecule has 0 unspecified atom stereocenters. The van der Waals surface area contributed by atoms with Gasteiger partial charge in [0.05, 0.1) is 16.8 Å². The number of anilines is 1. The molecule has 0 aliphatic carbocycles. The van der Waals surface area contributed by atoms with Crippen LogP contribution in [0.4, 0.5) is 5.69 Å². The molecule has 0 aliphatic rings. The second kappa shape index (κ2) is 10.4. The highest BCUT2D eigenvalue weighted by atomic mass is 35.5. The van der Waals surface area contributed by atoms with E-state index in [2.05, 4.69) is 15.8 Å². The lowest BCUT2D eigenvalue weighted by Crippen LogP contribution is -2.23. The molecule has 0 saturated heterocycles. The topological polar surface area (TPSA) is 62.7 Å². The SMILES string of the molecule is O=C(Oc1ccc2ccccc2c1C=NNC(=S)Nc1cccc(Cl)c1)c1ccccc1Cl. The van der Waals surface area contributed by atoms with Gasteiger partial charge < -0.3 is 10.1 Å². The summed E-state index contributed by atoms with van der Waals surface area (Å²) in [7, 11) is 0. The molecule has 0 fully saturated rings. The van der Waals surface area contributed by atoms with Gasteiger partial charge in [-0.05, 0) is 59.4 Å². The number of fused-ring (bicyclic) bond motifs is 1. The summed E-state index contributed by atoms with van der Waals surface area (Å²) in [6.07, 6.45) is 1.56. The summed E-state index contributed by atoms with van der Waals surface area (Å²) in [5.41, 5.74) is 4.40. The lowest BCUT2D eigenvalue weighted by atomic mass is 10.0. The van der Waals surface area contributed by atoms with Crippen LogP contribution in [0.3, 0.4) is 0 Å². The van der Waals surface area contributed by atoms with E-state index in [4.69, 9.17) is 40.2 Å². The number of esters is 1. The fourth-order valence-electron chi connectivity index (χ4n) is 3.16. The number of carbonyl (C=O) groups is 1. The molecule has 8 heteroatoms. The molecule has 4 aromatic carbocycles. The number of halogens is 2. The molecule has 0 radical (unpaired) electrons. The second-order valence-electron chi connectivity index (χ2n) is 6.90. The standard InChI is InChI=1S/C25H17Cl2N3O2S/c26-17-7-5-8-18(14-17)29-25(33)30-28-15-21-19-9-2-1-6-16(19)12-13-23(21)32-24(31)20-10-3-4-11-22(20)27/h1-15H,(H2,29,30,33). The molecule has 0 aromatic heterocycles. The van der Waals surface area contributed by atoms with Gasteiger partial charge in [-0.25, -0.2) is 4.79 Å². The average Bonchev–Trinajstić information content (AvgIpc) is 2.80. The number of ether oxygens (including phenoxy) is 1. The monoisotopic (exact) mass is 493 g/mol. The molecular formula is C25H17Cl2N3O2S. The molecule has 164 valence electrons. The zero-order valence-electron chi connectivity index (χ0n) is 17.1. The normalized spacial score (nSPS) is 10.8. The first-order valence-electron chi connectivity index (χ1n) is 9.85. The Balaban J connectivity index is 1.58. The van der Waals surface area contributed by atoms with Gasteiger partial charge in [-0.3, -0.25) is 5.43 Å². The summed E-state index contributed by atoms with van der Waals surface area (Å²) >= 11 is 17.4. The number of hydrazone groups is 1. The molecule has 2 N–H and O–H groups in total. The van der Waals surface area contributed by atoms with Gasteiger partial charge in [-0.15, -0.1) is 0 Å². The molecule has 4 aromatic rings. The minimum absolute atomic E-state index is 0.278. The maximum absolute atomic E-state index is 12.7. The highest BCUT2D eigenvalue weighted by Crippen LogP contribution is 2.28. The van der Waals surface area contributed by atoms with E-state index in [0.717, 1.165) is 16.5 Å². The molecule has 0 amide bonds. The maximum atomic E-state index is 12.7. The molecular weight excluding hydrogens is 477 g/mol. The van der Waals surface area contributed by atoms with Crippen LogP contribution in [0.1, 0.15) is 15.9 Å². The third-order valence-electron chi connectivity index (χ3n) is 4.67. The Morgan fingerprint density at radius 2 is 1.73 bits per heavy atom. The molecule has 4 rings (SSSR count). The maximum Gasteiger partial charge on any atom is 0.345 e. The van der Waals surface area contributed by atoms with Crippen molar-refractivity contribution in [1.82, 2.24) is 5.43 Å². The number of hydrogen-bond acceptors (Lipinski definition) is 4. The number of carbonyl (C=O) groups excluding carboxylic acids is 1. The lowest BCUT2D eigenvalue weighted by Gasteiger charge is -2.11. The van der Waals surface area contributed by atoms with Crippen molar-refractivity contribution in [3.05, 3.63) is 106 Å². The van der Waals surface area contributed by atoms with E-state index in [1.54, 1.807) is 48.7 Å². The molecule has 5 nitrogen and oxygen atoms in total. The van der Waals surface area contributed by atoms with Crippen LogP contribution in [-0.2, 0) is 0 Å². The van der Waals surface area contributed by atoms with Crippen LogP contribution in [0, 0.1) is 0 Å². The van der Waals surface area contributed by atoms with Crippen LogP contribution < -0.4 is 15.5 Å². The molecule has 0 aliphatic heterocycles. The molecule has 0 saturated carbocycles. The van der Waals surface area contributed by atoms with Crippen molar-refractivity contribution in [3.63, 3.8) is 0 Å². The zero-order valence-corrected chi connectivity index (χ0v) is 19.4. The smallest absolute Gasteiger partial charge is 0.345 e. The molecule has 0 heterocycles. The lowest BCUT2D eigenvalue weighted by molar-refractivity contribution is 0.0735. The summed E-state index contributed by atoms with van der Waals surface area (Å²) < 4.78 is 5.68. The van der Waals surface area contributed by atoms with Crippen LogP contribution in [0.2, 0.25) is 10.0 Å². The largest absolute Gasteiger partial charge is 0.422 e. The van der Waals surface area contributed by atoms with Gasteiger partial charge >= 0.3 is 5.97 Å². The zero-order chi connectivity index (χ0) is 23.2. The summed E-state index contributed by atoms with van der Waals surface area (Å²) in [4.78, 5) is 12.7. The average molecular weight is 494 g/mol. The highest BCUT2D eigenvalue weighted by molar-refractivity contribution is 7.80. The van der Waals surface area contributed by atoms with Crippen molar-refractivity contribution in [2.45, 2.75) is 0 Å². The van der Waals surface area contributed by atoms with Gasteiger partial charge in [0, 0.05) is 16.3 Å². The molecule has 0 atom stereocenters. The van der Waals surface area contributed by atoms with Gasteiger partial charge in [0.2, 0.25) is 0 Å². The molecule has 33 heavy (non-hydrogen) atoms. The van der Waals surface area contributed by atoms with Crippen LogP contribution in [0.15, 0.2) is 90.0 Å². The summed E-state index contributed by atoms with van der Waals surface area (Å²) in [5, 5.41) is 10.3. The van der Waals surface area contributed by atoms with Crippen LogP contribution in [0.25, 0.3) is 10.8 Å². The summed E-state index contributed by atoms with van der Waals surface area (Å²) in [6.45, 7) is 0. The first-order chi connectivity index (χ1) is 16.0. The third kappa shape index (κ3) is 5.68. The minimum atomic E-state index is -0.559. The van der Waals surface area contributed by atoms with Crippen molar-refractivity contribution in [3.8, 4) is 5.75 Å². The van der Waals surface area contributed by atoms with E-state index in [1.165, 1.54) is 0 Å². The van der Waals surface area contributed by atoms with E-state index < -0.39 is 5.97 Å². The Bertz CT molecular complexity index is 1370. The molecule has 0 spiro atoms. The van der Waals surface area contributed by atoms with Gasteiger partial charge in [0.1, 0.15) is 5.75 Å². The van der Waals surface area contributed by atoms with Gasteiger partial charge in [-0.1, -0.05) is 71.7 Å². The quantitative estimate of drug-likeness (QED) is 0.106. The Labute approximate surface area is 206 Å². The predicted octanol–water partition coefficient (Wildman–Crippen LogP) is 6.69. The number of nitrogens with zero attached hydrogens (tertiary/aromatic N) is 1. The first-order valence-corrected chi connectivity index (χ1v) is 11.0. The van der Waals surface area contributed by atoms with E-state index >= 15 is 0 Å². The number of hydrogen-bond donors (Lipinski definition) is 2. The number of nitrogens with one attached hydrogen (secondary N) is 2. The van der Waals surface area contributed by atoms with Crippen LogP contribution in [-0.4, -0.2) is 17.3 Å². The van der Waals surface area contributed by atoms with Gasteiger partial charge in [-0.2, -0.15) is 5.10 Å². The summed E-state index contributed by atoms with van der Waals surface area (Å²) in [5.74, 6) is -0.213. The van der Waals surface area contributed by atoms with E-state index in [-0.39, 0.29) is 10.7 Å². The Morgan fingerprint density at radius 3 is 2.55 bits per heavy atom. The number of rotatable bonds is 5. The Hall–Kier alpha value is -3.45. The van der Waals surface area contributed by atoms with Crippen molar-refractivity contribution in [1.29, 1.82) is 0 Å². The van der Waals surface area contributed by atoms with Crippen molar-refractivity contribution >= 4 is 69.2 Å². The third-order valence-corrected chi connectivity index (χ3v) is 5.43. The summed E-state index contributed by atoms with van der Waals surface area (Å²) in [6, 6.07) is 25.2. The molecule has 0 bridgehead atoms. The van der Waals surface area contributed by atoms with E-state index in [9.17, 15) is 4.79 Å². The van der Waals surface area contributed by atoms with Crippen molar-refractivity contribution < 1.29 is 9.53 Å². The van der Waals surface area contributed by atoms with Crippen molar-refractivity contribution in [2.75, 3.05) is 5.32 Å². The number of thiocarbonyl (C=S) groups is 1. The van der Waals surface area contributed by atoms with Crippen LogP contribution >= 0.6 is 35.4 Å². The minimum Gasteiger partial charge on any atom is -0.422 e. The van der Waals surface area contributed by atoms with Gasteiger partial charge in [0.15, 0.2) is 5.11 Å². The van der Waals surface area contributed by atoms with Crippen LogP contribution in [0.5, 0.6) is 5.75 Å². The highest BCUT2D eigenvalue weighted by Gasteiger charge is 2.15. The predicted molar refractivity (Wildman–Crippen MR) is 139 cm³/mol. The van der Waals surface area contributed by atoms with Gasteiger partial charge in [0.25, 0.3) is 0 Å². The van der Waals surface area contributed by atoms with E-state index in [0.29, 0.717) is 21.4 Å². The first kappa shape index (κ1) is 22.7.